The van der Waals surface area contributed by atoms with Gasteiger partial charge in [-0.25, -0.2) is 9.36 Å². The molecule has 118 valence electrons. The van der Waals surface area contributed by atoms with Gasteiger partial charge in [0.05, 0.1) is 6.61 Å². The minimum Gasteiger partial charge on any atom is -0.393 e. The molecular weight excluding hydrogens is 290 g/mol. The van der Waals surface area contributed by atoms with Crippen LogP contribution in [0.3, 0.4) is 0 Å². The fourth-order valence-corrected chi connectivity index (χ4v) is 2.60. The van der Waals surface area contributed by atoms with Crippen LogP contribution in [0.5, 0.6) is 0 Å². The van der Waals surface area contributed by atoms with Gasteiger partial charge in [0.1, 0.15) is 6.10 Å². The Balaban J connectivity index is 2.26. The quantitative estimate of drug-likeness (QED) is 0.642. The first-order valence-electron chi connectivity index (χ1n) is 7.02. The summed E-state index contributed by atoms with van der Waals surface area (Å²) in [5.41, 5.74) is 5.07. The standard InChI is InChI=1S/C13H17N5O4/c1-2-5-17-9-10(15-12(14)16-11(9)20)18(13(17)21)8-4-3-7(6-19)22-8/h3-4,7-8,19H,2,5-6H2,1H3,(H3,14,15,16,20). The van der Waals surface area contributed by atoms with Crippen molar-refractivity contribution in [1.29, 1.82) is 0 Å². The van der Waals surface area contributed by atoms with E-state index in [0.717, 1.165) is 0 Å². The molecule has 3 heterocycles. The first kappa shape index (κ1) is 14.5. The highest BCUT2D eigenvalue weighted by Crippen LogP contribution is 2.22. The van der Waals surface area contributed by atoms with Gasteiger partial charge in [-0.3, -0.25) is 14.3 Å². The van der Waals surface area contributed by atoms with Gasteiger partial charge in [-0.1, -0.05) is 13.0 Å². The molecule has 2 aromatic heterocycles. The van der Waals surface area contributed by atoms with Gasteiger partial charge in [-0.2, -0.15) is 4.98 Å². The van der Waals surface area contributed by atoms with Crippen molar-refractivity contribution in [2.24, 2.45) is 0 Å². The van der Waals surface area contributed by atoms with E-state index in [1.807, 2.05) is 6.92 Å². The molecule has 0 fully saturated rings. The number of aromatic nitrogens is 4. The predicted octanol–water partition coefficient (Wildman–Crippen LogP) is -0.676. The van der Waals surface area contributed by atoms with Crippen molar-refractivity contribution in [2.45, 2.75) is 32.2 Å². The third kappa shape index (κ3) is 2.14. The van der Waals surface area contributed by atoms with Gasteiger partial charge in [0.2, 0.25) is 5.95 Å². The van der Waals surface area contributed by atoms with Gasteiger partial charge in [-0.05, 0) is 12.5 Å². The van der Waals surface area contributed by atoms with E-state index in [1.54, 1.807) is 12.2 Å². The number of anilines is 1. The van der Waals surface area contributed by atoms with Crippen molar-refractivity contribution in [3.8, 4) is 0 Å². The molecule has 0 spiro atoms. The number of hydrogen-bond donors (Lipinski definition) is 3. The summed E-state index contributed by atoms with van der Waals surface area (Å²) in [6.07, 6.45) is 2.79. The van der Waals surface area contributed by atoms with Gasteiger partial charge in [0.15, 0.2) is 17.4 Å². The van der Waals surface area contributed by atoms with Gasteiger partial charge < -0.3 is 15.6 Å². The Morgan fingerprint density at radius 1 is 1.45 bits per heavy atom. The SMILES string of the molecule is CCCn1c(=O)n(C2C=CC(CO)O2)c2nc(N)[nH]c(=O)c21. The fraction of sp³-hybridized carbons (Fsp3) is 0.462. The molecule has 0 aliphatic carbocycles. The molecule has 0 saturated carbocycles. The molecule has 4 N–H and O–H groups in total. The minimum atomic E-state index is -0.723. The summed E-state index contributed by atoms with van der Waals surface area (Å²) < 4.78 is 8.20. The largest absolute Gasteiger partial charge is 0.393 e. The molecule has 0 amide bonds. The van der Waals surface area contributed by atoms with Crippen LogP contribution in [0.2, 0.25) is 0 Å². The number of nitrogens with two attached hydrogens (primary N) is 1. The van der Waals surface area contributed by atoms with E-state index in [-0.39, 0.29) is 23.7 Å². The molecule has 0 saturated heterocycles. The number of nitrogen functional groups attached to an aromatic ring is 1. The van der Waals surface area contributed by atoms with Crippen LogP contribution in [0.1, 0.15) is 19.6 Å². The lowest BCUT2D eigenvalue weighted by molar-refractivity contribution is -0.00811. The normalized spacial score (nSPS) is 21.0. The maximum atomic E-state index is 12.6. The van der Waals surface area contributed by atoms with E-state index in [2.05, 4.69) is 9.97 Å². The molecule has 2 aromatic rings. The van der Waals surface area contributed by atoms with Crippen molar-refractivity contribution in [1.82, 2.24) is 19.1 Å². The molecule has 0 aromatic carbocycles. The minimum absolute atomic E-state index is 0.0689. The highest BCUT2D eigenvalue weighted by molar-refractivity contribution is 5.71. The Labute approximate surface area is 124 Å². The van der Waals surface area contributed by atoms with Crippen LogP contribution in [0, 0.1) is 0 Å². The summed E-state index contributed by atoms with van der Waals surface area (Å²) in [4.78, 5) is 31.3. The fourth-order valence-electron chi connectivity index (χ4n) is 2.60. The van der Waals surface area contributed by atoms with Crippen LogP contribution >= 0.6 is 0 Å². The number of aliphatic hydroxyl groups is 1. The van der Waals surface area contributed by atoms with E-state index in [4.69, 9.17) is 15.6 Å². The van der Waals surface area contributed by atoms with Crippen LogP contribution in [-0.4, -0.2) is 36.9 Å². The van der Waals surface area contributed by atoms with Gasteiger partial charge >= 0.3 is 5.69 Å². The number of nitrogens with one attached hydrogen (secondary N) is 1. The second kappa shape index (κ2) is 5.43. The zero-order chi connectivity index (χ0) is 15.9. The number of aryl methyl sites for hydroxylation is 1. The Kier molecular flexibility index (Phi) is 3.59. The van der Waals surface area contributed by atoms with E-state index in [9.17, 15) is 9.59 Å². The van der Waals surface area contributed by atoms with Crippen LogP contribution in [-0.2, 0) is 11.3 Å². The van der Waals surface area contributed by atoms with Crippen LogP contribution in [0.25, 0.3) is 11.2 Å². The molecule has 1 aliphatic rings. The smallest absolute Gasteiger partial charge is 0.332 e. The maximum Gasteiger partial charge on any atom is 0.332 e. The topological polar surface area (TPSA) is 128 Å². The number of ether oxygens (including phenoxy) is 1. The Bertz CT molecular complexity index is 846. The number of hydrogen-bond acceptors (Lipinski definition) is 6. The van der Waals surface area contributed by atoms with Gasteiger partial charge in [0.25, 0.3) is 5.56 Å². The molecule has 2 unspecified atom stereocenters. The summed E-state index contributed by atoms with van der Waals surface area (Å²) in [5, 5.41) is 9.13. The summed E-state index contributed by atoms with van der Waals surface area (Å²) in [7, 11) is 0. The average molecular weight is 307 g/mol. The molecule has 9 nitrogen and oxygen atoms in total. The average Bonchev–Trinajstić information content (AvgIpc) is 3.03. The predicted molar refractivity (Wildman–Crippen MR) is 79.5 cm³/mol. The summed E-state index contributed by atoms with van der Waals surface area (Å²) >= 11 is 0. The zero-order valence-corrected chi connectivity index (χ0v) is 12.0. The second-order valence-corrected chi connectivity index (χ2v) is 5.06. The molecule has 0 radical (unpaired) electrons. The first-order valence-corrected chi connectivity index (χ1v) is 7.02. The van der Waals surface area contributed by atoms with Gasteiger partial charge in [0, 0.05) is 6.54 Å². The number of aliphatic hydroxyl groups excluding tert-OH is 1. The Hall–Kier alpha value is -2.39. The third-order valence-electron chi connectivity index (χ3n) is 3.52. The van der Waals surface area contributed by atoms with Crippen molar-refractivity contribution in [3.63, 3.8) is 0 Å². The number of rotatable bonds is 4. The van der Waals surface area contributed by atoms with E-state index < -0.39 is 23.6 Å². The lowest BCUT2D eigenvalue weighted by Gasteiger charge is -2.13. The summed E-state index contributed by atoms with van der Waals surface area (Å²) in [6.45, 7) is 2.10. The van der Waals surface area contributed by atoms with E-state index in [0.29, 0.717) is 13.0 Å². The molecule has 1 aliphatic heterocycles. The number of fused-ring (bicyclic) bond motifs is 1. The third-order valence-corrected chi connectivity index (χ3v) is 3.52. The van der Waals surface area contributed by atoms with Crippen LogP contribution < -0.4 is 17.0 Å². The molecular formula is C13H17N5O4. The molecule has 2 atom stereocenters. The van der Waals surface area contributed by atoms with Crippen molar-refractivity contribution in [3.05, 3.63) is 33.0 Å². The van der Waals surface area contributed by atoms with Crippen molar-refractivity contribution >= 4 is 17.1 Å². The van der Waals surface area contributed by atoms with Crippen LogP contribution in [0.4, 0.5) is 5.95 Å². The number of H-pyrrole nitrogens is 1. The first-order chi connectivity index (χ1) is 10.6. The van der Waals surface area contributed by atoms with Crippen LogP contribution in [0.15, 0.2) is 21.7 Å². The molecule has 0 bridgehead atoms. The second-order valence-electron chi connectivity index (χ2n) is 5.06. The Morgan fingerprint density at radius 2 is 2.23 bits per heavy atom. The lowest BCUT2D eigenvalue weighted by Crippen LogP contribution is -2.28. The maximum absolute atomic E-state index is 12.6. The van der Waals surface area contributed by atoms with Gasteiger partial charge in [-0.15, -0.1) is 0 Å². The molecule has 3 rings (SSSR count). The highest BCUT2D eigenvalue weighted by Gasteiger charge is 2.27. The van der Waals surface area contributed by atoms with Crippen molar-refractivity contribution < 1.29 is 9.84 Å². The number of nitrogens with zero attached hydrogens (tertiary/aromatic N) is 3. The lowest BCUT2D eigenvalue weighted by atomic mass is 10.4. The number of aromatic amines is 1. The Morgan fingerprint density at radius 3 is 2.86 bits per heavy atom. The highest BCUT2D eigenvalue weighted by atomic mass is 16.5. The van der Waals surface area contributed by atoms with E-state index in [1.165, 1.54) is 9.13 Å². The monoisotopic (exact) mass is 307 g/mol. The summed E-state index contributed by atoms with van der Waals surface area (Å²) in [5.74, 6) is -0.0689. The van der Waals surface area contributed by atoms with E-state index >= 15 is 0 Å². The zero-order valence-electron chi connectivity index (χ0n) is 12.0. The molecule has 22 heavy (non-hydrogen) atoms. The molecule has 9 heteroatoms. The summed E-state index contributed by atoms with van der Waals surface area (Å²) in [6, 6.07) is 0. The van der Waals surface area contributed by atoms with Crippen molar-refractivity contribution in [2.75, 3.05) is 12.3 Å². The number of imidazole rings is 1.